The van der Waals surface area contributed by atoms with Crippen LogP contribution in [0.15, 0.2) is 28.9 Å². The van der Waals surface area contributed by atoms with E-state index in [9.17, 15) is 9.59 Å². The Morgan fingerprint density at radius 3 is 2.57 bits per heavy atom. The van der Waals surface area contributed by atoms with E-state index in [4.69, 9.17) is 9.84 Å². The summed E-state index contributed by atoms with van der Waals surface area (Å²) in [6.45, 7) is 8.56. The summed E-state index contributed by atoms with van der Waals surface area (Å²) in [4.78, 5) is 25.3. The molecule has 1 amide bonds. The maximum Gasteiger partial charge on any atom is 0.408 e. The summed E-state index contributed by atoms with van der Waals surface area (Å²) in [7, 11) is 0. The number of aliphatic carboxylic acids is 1. The maximum atomic E-state index is 11.0. The number of hydrogen-bond acceptors (Lipinski definition) is 4. The summed E-state index contributed by atoms with van der Waals surface area (Å²) in [5, 5.41) is 10.6. The quantitative estimate of drug-likeness (QED) is 0.820. The minimum absolute atomic E-state index is 0.609. The zero-order chi connectivity index (χ0) is 16.5. The fourth-order valence-corrected chi connectivity index (χ4v) is 1.14. The van der Waals surface area contributed by atoms with E-state index < -0.39 is 23.7 Å². The number of ether oxygens (including phenoxy) is 1. The van der Waals surface area contributed by atoms with E-state index in [-0.39, 0.29) is 0 Å². The molecule has 1 aliphatic rings. The number of nitrogens with one attached hydrogen (secondary N) is 1. The highest BCUT2D eigenvalue weighted by Crippen LogP contribution is 2.06. The Morgan fingerprint density at radius 2 is 2.05 bits per heavy atom. The Morgan fingerprint density at radius 1 is 1.43 bits per heavy atom. The van der Waals surface area contributed by atoms with Crippen LogP contribution >= 0.6 is 0 Å². The minimum Gasteiger partial charge on any atom is -0.480 e. The van der Waals surface area contributed by atoms with Crippen LogP contribution < -0.4 is 5.32 Å². The van der Waals surface area contributed by atoms with Gasteiger partial charge in [-0.25, -0.2) is 4.79 Å². The molecule has 0 aliphatic carbocycles. The number of rotatable bonds is 2. The summed E-state index contributed by atoms with van der Waals surface area (Å²) < 4.78 is 4.85. The highest BCUT2D eigenvalue weighted by Gasteiger charge is 2.20. The number of carbonyl (C=O) groups excluding carboxylic acids is 1. The van der Waals surface area contributed by atoms with Crippen molar-refractivity contribution in [3.63, 3.8) is 0 Å². The van der Waals surface area contributed by atoms with E-state index in [1.807, 2.05) is 18.5 Å². The standard InChI is InChI=1S/C8H15NO4.C7H9N/c1-5(6(10)11)9-7(12)13-8(2,3)4;1-7-3-2-5-8-6-4-7/h5H,1-4H3,(H,9,12)(H,10,11);3-6H,2H2,1H3. The summed E-state index contributed by atoms with van der Waals surface area (Å²) in [5.74, 6) is -1.09. The maximum absolute atomic E-state index is 11.0. The van der Waals surface area contributed by atoms with Crippen LogP contribution in [0.4, 0.5) is 4.79 Å². The lowest BCUT2D eigenvalue weighted by Gasteiger charge is -2.20. The molecule has 0 aromatic carbocycles. The van der Waals surface area contributed by atoms with Gasteiger partial charge >= 0.3 is 12.1 Å². The first-order valence-corrected chi connectivity index (χ1v) is 6.69. The Balaban J connectivity index is 0.000000423. The van der Waals surface area contributed by atoms with Crippen molar-refractivity contribution in [2.24, 2.45) is 4.99 Å². The minimum atomic E-state index is -1.09. The van der Waals surface area contributed by atoms with Gasteiger partial charge in [0.1, 0.15) is 11.6 Å². The Kier molecular flexibility index (Phi) is 8.04. The van der Waals surface area contributed by atoms with Crippen LogP contribution in [0.1, 0.15) is 41.0 Å². The van der Waals surface area contributed by atoms with Crippen molar-refractivity contribution >= 4 is 18.3 Å². The number of allylic oxidation sites excluding steroid dienone is 3. The molecule has 1 heterocycles. The number of carbonyl (C=O) groups is 2. The number of amides is 1. The average molecular weight is 296 g/mol. The lowest BCUT2D eigenvalue weighted by molar-refractivity contribution is -0.139. The van der Waals surface area contributed by atoms with Crippen molar-refractivity contribution in [1.82, 2.24) is 5.32 Å². The second kappa shape index (κ2) is 8.94. The lowest BCUT2D eigenvalue weighted by atomic mass is 10.2. The molecule has 0 radical (unpaired) electrons. The molecule has 0 saturated heterocycles. The van der Waals surface area contributed by atoms with Gasteiger partial charge in [0.2, 0.25) is 0 Å². The second-order valence-electron chi connectivity index (χ2n) is 5.54. The van der Waals surface area contributed by atoms with E-state index >= 15 is 0 Å². The molecule has 6 nitrogen and oxygen atoms in total. The van der Waals surface area contributed by atoms with Crippen molar-refractivity contribution in [3.8, 4) is 0 Å². The number of alkyl carbamates (subject to hydrolysis) is 1. The van der Waals surface area contributed by atoms with Gasteiger partial charge in [-0.2, -0.15) is 0 Å². The molecule has 1 aliphatic heterocycles. The predicted molar refractivity (Wildman–Crippen MR) is 82.5 cm³/mol. The SMILES string of the molecule is CC(NC(=O)OC(C)(C)C)C(=O)O.CC1=CCC=NC=C1. The normalized spacial score (nSPS) is 15.0. The highest BCUT2D eigenvalue weighted by molar-refractivity contribution is 5.79. The topological polar surface area (TPSA) is 88.0 Å². The average Bonchev–Trinajstić information content (AvgIpc) is 2.54. The molecule has 118 valence electrons. The molecular weight excluding hydrogens is 272 g/mol. The van der Waals surface area contributed by atoms with E-state index in [1.54, 1.807) is 20.8 Å². The van der Waals surface area contributed by atoms with Crippen molar-refractivity contribution < 1.29 is 19.4 Å². The van der Waals surface area contributed by atoms with Crippen LogP contribution in [0.3, 0.4) is 0 Å². The molecule has 2 N–H and O–H groups in total. The monoisotopic (exact) mass is 296 g/mol. The zero-order valence-corrected chi connectivity index (χ0v) is 13.2. The van der Waals surface area contributed by atoms with Crippen LogP contribution in [-0.4, -0.2) is 35.0 Å². The van der Waals surface area contributed by atoms with Crippen LogP contribution in [0.5, 0.6) is 0 Å². The first-order valence-electron chi connectivity index (χ1n) is 6.69. The van der Waals surface area contributed by atoms with E-state index in [0.717, 1.165) is 6.42 Å². The van der Waals surface area contributed by atoms with Crippen molar-refractivity contribution in [2.75, 3.05) is 0 Å². The van der Waals surface area contributed by atoms with E-state index in [1.165, 1.54) is 12.5 Å². The zero-order valence-electron chi connectivity index (χ0n) is 13.2. The molecule has 1 unspecified atom stereocenters. The Bertz CT molecular complexity index is 442. The van der Waals surface area contributed by atoms with Crippen LogP contribution in [0.2, 0.25) is 0 Å². The third kappa shape index (κ3) is 11.4. The summed E-state index contributed by atoms with van der Waals surface area (Å²) >= 11 is 0. The summed E-state index contributed by atoms with van der Waals surface area (Å²) in [6.07, 6.45) is 8.11. The third-order valence-electron chi connectivity index (χ3n) is 2.18. The predicted octanol–water partition coefficient (Wildman–Crippen LogP) is 2.91. The Labute approximate surface area is 125 Å². The fourth-order valence-electron chi connectivity index (χ4n) is 1.14. The number of carboxylic acids is 1. The molecule has 0 aromatic heterocycles. The smallest absolute Gasteiger partial charge is 0.408 e. The highest BCUT2D eigenvalue weighted by atomic mass is 16.6. The molecule has 6 heteroatoms. The fraction of sp³-hybridized carbons (Fsp3) is 0.533. The largest absolute Gasteiger partial charge is 0.480 e. The van der Waals surface area contributed by atoms with Crippen molar-refractivity contribution in [2.45, 2.75) is 52.7 Å². The van der Waals surface area contributed by atoms with Gasteiger partial charge in [-0.3, -0.25) is 9.79 Å². The number of aliphatic imine (C=N–C) groups is 1. The second-order valence-corrected chi connectivity index (χ2v) is 5.54. The van der Waals surface area contributed by atoms with Gasteiger partial charge in [-0.05, 0) is 40.7 Å². The molecule has 1 atom stereocenters. The molecule has 0 spiro atoms. The first-order chi connectivity index (χ1) is 9.61. The molecule has 0 saturated carbocycles. The van der Waals surface area contributed by atoms with Crippen molar-refractivity contribution in [3.05, 3.63) is 23.9 Å². The van der Waals surface area contributed by atoms with Crippen LogP contribution in [0, 0.1) is 0 Å². The van der Waals surface area contributed by atoms with Crippen LogP contribution in [0.25, 0.3) is 0 Å². The van der Waals surface area contributed by atoms with Gasteiger partial charge < -0.3 is 15.2 Å². The molecule has 0 bridgehead atoms. The summed E-state index contributed by atoms with van der Waals surface area (Å²) in [5.41, 5.74) is 0.685. The van der Waals surface area contributed by atoms with Gasteiger partial charge in [-0.15, -0.1) is 0 Å². The molecule has 0 fully saturated rings. The van der Waals surface area contributed by atoms with Crippen molar-refractivity contribution in [1.29, 1.82) is 0 Å². The molecule has 21 heavy (non-hydrogen) atoms. The van der Waals surface area contributed by atoms with Gasteiger partial charge in [0, 0.05) is 18.8 Å². The van der Waals surface area contributed by atoms with Crippen LogP contribution in [-0.2, 0) is 9.53 Å². The number of nitrogens with zero attached hydrogens (tertiary/aromatic N) is 1. The lowest BCUT2D eigenvalue weighted by Crippen LogP contribution is -2.41. The Hall–Kier alpha value is -2.11. The number of hydrogen-bond donors (Lipinski definition) is 2. The van der Waals surface area contributed by atoms with Gasteiger partial charge in [0.25, 0.3) is 0 Å². The molecular formula is C15H24N2O4. The first kappa shape index (κ1) is 18.9. The molecule has 0 aromatic rings. The van der Waals surface area contributed by atoms with E-state index in [2.05, 4.69) is 23.3 Å². The van der Waals surface area contributed by atoms with E-state index in [0.29, 0.717) is 0 Å². The molecule has 1 rings (SSSR count). The van der Waals surface area contributed by atoms with Gasteiger partial charge in [-0.1, -0.05) is 11.6 Å². The summed E-state index contributed by atoms with van der Waals surface area (Å²) in [6, 6.07) is -0.935. The van der Waals surface area contributed by atoms with Gasteiger partial charge in [0.05, 0.1) is 0 Å². The van der Waals surface area contributed by atoms with Gasteiger partial charge in [0.15, 0.2) is 0 Å². The third-order valence-corrected chi connectivity index (χ3v) is 2.18. The number of carboxylic acid groups (broad SMARTS) is 1.